The van der Waals surface area contributed by atoms with Gasteiger partial charge in [0, 0.05) is 39.6 Å². The zero-order valence-electron chi connectivity index (χ0n) is 9.85. The minimum absolute atomic E-state index is 0.145. The number of hydrogen-bond donors (Lipinski definition) is 2. The Morgan fingerprint density at radius 1 is 1.26 bits per heavy atom. The fourth-order valence-corrected chi connectivity index (χ4v) is 2.21. The molecule has 0 saturated carbocycles. The Labute approximate surface area is 114 Å². The van der Waals surface area contributed by atoms with E-state index in [1.165, 1.54) is 0 Å². The molecule has 94 valence electrons. The van der Waals surface area contributed by atoms with E-state index in [1.807, 2.05) is 6.07 Å². The molecule has 0 fully saturated rings. The number of H-pyrrole nitrogens is 1. The predicted octanol–water partition coefficient (Wildman–Crippen LogP) is 3.03. The first kappa shape index (κ1) is 11.7. The van der Waals surface area contributed by atoms with E-state index in [0.29, 0.717) is 27.5 Å². The summed E-state index contributed by atoms with van der Waals surface area (Å²) in [5, 5.41) is 1.29. The van der Waals surface area contributed by atoms with Gasteiger partial charge in [0.15, 0.2) is 5.78 Å². The van der Waals surface area contributed by atoms with Crippen molar-refractivity contribution in [2.24, 2.45) is 0 Å². The van der Waals surface area contributed by atoms with E-state index >= 15 is 0 Å². The number of carbonyl (C=O) groups is 1. The largest absolute Gasteiger partial charge is 0.398 e. The first-order chi connectivity index (χ1) is 9.16. The van der Waals surface area contributed by atoms with Crippen LogP contribution in [0.2, 0.25) is 5.02 Å². The number of anilines is 1. The number of nitrogens with one attached hydrogen (secondary N) is 1. The quantitative estimate of drug-likeness (QED) is 0.556. The maximum Gasteiger partial charge on any atom is 0.197 e. The Balaban J connectivity index is 2.13. The molecule has 4 nitrogen and oxygen atoms in total. The Hall–Kier alpha value is -2.33. The van der Waals surface area contributed by atoms with Crippen molar-refractivity contribution in [3.63, 3.8) is 0 Å². The van der Waals surface area contributed by atoms with E-state index in [-0.39, 0.29) is 5.78 Å². The minimum Gasteiger partial charge on any atom is -0.398 e. The number of aromatic amines is 1. The molecule has 2 aromatic heterocycles. The van der Waals surface area contributed by atoms with E-state index in [4.69, 9.17) is 17.3 Å². The van der Waals surface area contributed by atoms with E-state index in [9.17, 15) is 4.79 Å². The highest BCUT2D eigenvalue weighted by Gasteiger charge is 2.16. The summed E-state index contributed by atoms with van der Waals surface area (Å²) in [6.45, 7) is 0. The third-order valence-corrected chi connectivity index (χ3v) is 3.19. The van der Waals surface area contributed by atoms with Gasteiger partial charge in [0.25, 0.3) is 0 Å². The van der Waals surface area contributed by atoms with Gasteiger partial charge in [-0.1, -0.05) is 11.6 Å². The SMILES string of the molecule is Nc1cc(Cl)ccc1C(=O)c1c[nH]c2ncccc12. The molecule has 0 amide bonds. The normalized spacial score (nSPS) is 10.8. The Morgan fingerprint density at radius 2 is 2.11 bits per heavy atom. The monoisotopic (exact) mass is 271 g/mol. The molecule has 0 atom stereocenters. The van der Waals surface area contributed by atoms with Gasteiger partial charge in [0.2, 0.25) is 0 Å². The van der Waals surface area contributed by atoms with Crippen molar-refractivity contribution in [2.45, 2.75) is 0 Å². The summed E-state index contributed by atoms with van der Waals surface area (Å²) < 4.78 is 0. The van der Waals surface area contributed by atoms with Crippen LogP contribution in [0.5, 0.6) is 0 Å². The van der Waals surface area contributed by atoms with Crippen LogP contribution in [-0.2, 0) is 0 Å². The average molecular weight is 272 g/mol. The highest BCUT2D eigenvalue weighted by Crippen LogP contribution is 2.24. The lowest BCUT2D eigenvalue weighted by atomic mass is 10.0. The number of ketones is 1. The average Bonchev–Trinajstić information content (AvgIpc) is 2.82. The second-order valence-electron chi connectivity index (χ2n) is 4.16. The maximum atomic E-state index is 12.5. The van der Waals surface area contributed by atoms with Crippen molar-refractivity contribution in [3.8, 4) is 0 Å². The number of nitrogen functional groups attached to an aromatic ring is 1. The van der Waals surface area contributed by atoms with Crippen molar-refractivity contribution in [1.82, 2.24) is 9.97 Å². The number of benzene rings is 1. The fraction of sp³-hybridized carbons (Fsp3) is 0. The van der Waals surface area contributed by atoms with E-state index in [0.717, 1.165) is 5.39 Å². The van der Waals surface area contributed by atoms with Crippen LogP contribution >= 0.6 is 11.6 Å². The lowest BCUT2D eigenvalue weighted by Gasteiger charge is -2.04. The maximum absolute atomic E-state index is 12.5. The number of aromatic nitrogens is 2. The smallest absolute Gasteiger partial charge is 0.197 e. The molecular weight excluding hydrogens is 262 g/mol. The van der Waals surface area contributed by atoms with Crippen LogP contribution in [0.15, 0.2) is 42.7 Å². The number of nitrogens with two attached hydrogens (primary N) is 1. The molecule has 0 aliphatic heterocycles. The standard InChI is InChI=1S/C14H10ClN3O/c15-8-3-4-10(12(16)6-8)13(19)11-7-18-14-9(11)2-1-5-17-14/h1-7H,16H2,(H,17,18). The van der Waals surface area contributed by atoms with Crippen molar-refractivity contribution >= 4 is 34.1 Å². The summed E-state index contributed by atoms with van der Waals surface area (Å²) in [7, 11) is 0. The van der Waals surface area contributed by atoms with Crippen LogP contribution < -0.4 is 5.73 Å². The third kappa shape index (κ3) is 1.96. The highest BCUT2D eigenvalue weighted by molar-refractivity contribution is 6.31. The van der Waals surface area contributed by atoms with Gasteiger partial charge in [-0.15, -0.1) is 0 Å². The molecule has 0 saturated heterocycles. The summed E-state index contributed by atoms with van der Waals surface area (Å²) in [6, 6.07) is 8.49. The highest BCUT2D eigenvalue weighted by atomic mass is 35.5. The fourth-order valence-electron chi connectivity index (χ4n) is 2.03. The summed E-state index contributed by atoms with van der Waals surface area (Å²) in [6.07, 6.45) is 3.32. The molecule has 0 radical (unpaired) electrons. The first-order valence-corrected chi connectivity index (χ1v) is 6.06. The number of rotatable bonds is 2. The lowest BCUT2D eigenvalue weighted by Crippen LogP contribution is -2.04. The molecule has 0 aliphatic rings. The number of nitrogens with zero attached hydrogens (tertiary/aromatic N) is 1. The molecular formula is C14H10ClN3O. The van der Waals surface area contributed by atoms with E-state index < -0.39 is 0 Å². The predicted molar refractivity (Wildman–Crippen MR) is 75.4 cm³/mol. The first-order valence-electron chi connectivity index (χ1n) is 5.68. The molecule has 3 N–H and O–H groups in total. The van der Waals surface area contributed by atoms with Crippen molar-refractivity contribution in [2.75, 3.05) is 5.73 Å². The molecule has 0 aliphatic carbocycles. The summed E-state index contributed by atoms with van der Waals surface area (Å²) in [4.78, 5) is 19.6. The zero-order valence-corrected chi connectivity index (χ0v) is 10.6. The van der Waals surface area contributed by atoms with Gasteiger partial charge < -0.3 is 10.7 Å². The van der Waals surface area contributed by atoms with Crippen LogP contribution in [0, 0.1) is 0 Å². The molecule has 0 bridgehead atoms. The second-order valence-corrected chi connectivity index (χ2v) is 4.60. The number of halogens is 1. The topological polar surface area (TPSA) is 71.8 Å². The van der Waals surface area contributed by atoms with Crippen molar-refractivity contribution in [1.29, 1.82) is 0 Å². The summed E-state index contributed by atoms with van der Waals surface area (Å²) in [5.74, 6) is -0.145. The molecule has 1 aromatic carbocycles. The van der Waals surface area contributed by atoms with Crippen LogP contribution in [0.3, 0.4) is 0 Å². The van der Waals surface area contributed by atoms with Gasteiger partial charge in [-0.25, -0.2) is 4.98 Å². The Morgan fingerprint density at radius 3 is 2.89 bits per heavy atom. The molecule has 3 rings (SSSR count). The summed E-state index contributed by atoms with van der Waals surface area (Å²) >= 11 is 5.83. The molecule has 2 heterocycles. The van der Waals surface area contributed by atoms with Gasteiger partial charge in [-0.3, -0.25) is 4.79 Å². The molecule has 3 aromatic rings. The van der Waals surface area contributed by atoms with Crippen LogP contribution in [0.25, 0.3) is 11.0 Å². The van der Waals surface area contributed by atoms with Crippen molar-refractivity contribution < 1.29 is 4.79 Å². The Bertz CT molecular complexity index is 779. The van der Waals surface area contributed by atoms with Gasteiger partial charge in [-0.05, 0) is 30.3 Å². The van der Waals surface area contributed by atoms with Gasteiger partial charge in [0.05, 0.1) is 0 Å². The van der Waals surface area contributed by atoms with Crippen LogP contribution in [0.1, 0.15) is 15.9 Å². The molecule has 19 heavy (non-hydrogen) atoms. The second kappa shape index (κ2) is 4.40. The third-order valence-electron chi connectivity index (χ3n) is 2.95. The summed E-state index contributed by atoms with van der Waals surface area (Å²) in [5.41, 5.74) is 7.88. The molecule has 0 unspecified atom stereocenters. The van der Waals surface area contributed by atoms with Crippen LogP contribution in [0.4, 0.5) is 5.69 Å². The van der Waals surface area contributed by atoms with E-state index in [2.05, 4.69) is 9.97 Å². The minimum atomic E-state index is -0.145. The number of fused-ring (bicyclic) bond motifs is 1. The van der Waals surface area contributed by atoms with Gasteiger partial charge in [0.1, 0.15) is 5.65 Å². The van der Waals surface area contributed by atoms with E-state index in [1.54, 1.807) is 36.7 Å². The van der Waals surface area contributed by atoms with Gasteiger partial charge in [-0.2, -0.15) is 0 Å². The molecule has 0 spiro atoms. The van der Waals surface area contributed by atoms with Crippen molar-refractivity contribution in [3.05, 3.63) is 58.9 Å². The zero-order chi connectivity index (χ0) is 13.4. The van der Waals surface area contributed by atoms with Crippen LogP contribution in [-0.4, -0.2) is 15.8 Å². The van der Waals surface area contributed by atoms with Gasteiger partial charge >= 0.3 is 0 Å². The lowest BCUT2D eigenvalue weighted by molar-refractivity contribution is 0.104. The Kier molecular flexibility index (Phi) is 2.72. The number of carbonyl (C=O) groups excluding carboxylic acids is 1. The number of pyridine rings is 1. The number of hydrogen-bond acceptors (Lipinski definition) is 3. The molecule has 5 heteroatoms.